The standard InChI is InChI=1S/C12H23N3OS/c1-2-9-17-10-6-14-12(16)11-15-7-3-4-13-5-8-15/h2,13H,1,3-11H2,(H,14,16). The maximum atomic E-state index is 11.7. The van der Waals surface area contributed by atoms with Crippen LogP contribution in [0.4, 0.5) is 0 Å². The van der Waals surface area contributed by atoms with E-state index in [1.807, 2.05) is 6.08 Å². The number of amides is 1. The minimum absolute atomic E-state index is 0.145. The summed E-state index contributed by atoms with van der Waals surface area (Å²) in [4.78, 5) is 13.9. The van der Waals surface area contributed by atoms with Crippen molar-refractivity contribution in [2.45, 2.75) is 6.42 Å². The lowest BCUT2D eigenvalue weighted by Crippen LogP contribution is -2.39. The molecule has 0 atom stereocenters. The molecule has 0 radical (unpaired) electrons. The lowest BCUT2D eigenvalue weighted by molar-refractivity contribution is -0.122. The van der Waals surface area contributed by atoms with E-state index in [4.69, 9.17) is 0 Å². The number of hydrogen-bond acceptors (Lipinski definition) is 4. The third kappa shape index (κ3) is 7.41. The van der Waals surface area contributed by atoms with Crippen molar-refractivity contribution in [2.24, 2.45) is 0 Å². The van der Waals surface area contributed by atoms with E-state index in [-0.39, 0.29) is 5.91 Å². The zero-order valence-corrected chi connectivity index (χ0v) is 11.2. The molecule has 98 valence electrons. The molecule has 0 aliphatic carbocycles. The number of thioether (sulfide) groups is 1. The van der Waals surface area contributed by atoms with Crippen LogP contribution < -0.4 is 10.6 Å². The lowest BCUT2D eigenvalue weighted by Gasteiger charge is -2.18. The predicted octanol–water partition coefficient (Wildman–Crippen LogP) is 0.317. The Labute approximate surface area is 108 Å². The first-order valence-corrected chi connectivity index (χ1v) is 7.37. The average Bonchev–Trinajstić information content (AvgIpc) is 2.57. The molecule has 1 aliphatic rings. The Hall–Kier alpha value is -0.520. The van der Waals surface area contributed by atoms with Gasteiger partial charge in [-0.3, -0.25) is 9.69 Å². The number of nitrogens with zero attached hydrogens (tertiary/aromatic N) is 1. The average molecular weight is 257 g/mol. The number of carbonyl (C=O) groups excluding carboxylic acids is 1. The van der Waals surface area contributed by atoms with Gasteiger partial charge in [0.05, 0.1) is 6.54 Å². The molecule has 0 aromatic heterocycles. The van der Waals surface area contributed by atoms with Crippen molar-refractivity contribution in [1.82, 2.24) is 15.5 Å². The monoisotopic (exact) mass is 257 g/mol. The van der Waals surface area contributed by atoms with Crippen molar-refractivity contribution in [3.05, 3.63) is 12.7 Å². The highest BCUT2D eigenvalue weighted by Gasteiger charge is 2.11. The van der Waals surface area contributed by atoms with Gasteiger partial charge in [-0.2, -0.15) is 11.8 Å². The smallest absolute Gasteiger partial charge is 0.234 e. The second-order valence-electron chi connectivity index (χ2n) is 4.09. The van der Waals surface area contributed by atoms with E-state index in [0.29, 0.717) is 6.54 Å². The maximum Gasteiger partial charge on any atom is 0.234 e. The van der Waals surface area contributed by atoms with Crippen LogP contribution in [0.1, 0.15) is 6.42 Å². The SMILES string of the molecule is C=CCSCCNC(=O)CN1CCCNCC1. The van der Waals surface area contributed by atoms with Crippen molar-refractivity contribution in [3.63, 3.8) is 0 Å². The van der Waals surface area contributed by atoms with E-state index < -0.39 is 0 Å². The Bertz CT molecular complexity index is 228. The highest BCUT2D eigenvalue weighted by molar-refractivity contribution is 7.99. The van der Waals surface area contributed by atoms with Gasteiger partial charge < -0.3 is 10.6 Å². The highest BCUT2D eigenvalue weighted by atomic mass is 32.2. The van der Waals surface area contributed by atoms with Crippen LogP contribution in [0.5, 0.6) is 0 Å². The Balaban J connectivity index is 2.04. The molecule has 1 aliphatic heterocycles. The summed E-state index contributed by atoms with van der Waals surface area (Å²) >= 11 is 1.79. The van der Waals surface area contributed by atoms with Gasteiger partial charge in [-0.1, -0.05) is 6.08 Å². The van der Waals surface area contributed by atoms with Crippen LogP contribution in [0, 0.1) is 0 Å². The van der Waals surface area contributed by atoms with Gasteiger partial charge in [0, 0.05) is 31.1 Å². The third-order valence-corrected chi connectivity index (χ3v) is 3.57. The van der Waals surface area contributed by atoms with Crippen LogP contribution in [0.3, 0.4) is 0 Å². The summed E-state index contributed by atoms with van der Waals surface area (Å²) < 4.78 is 0. The topological polar surface area (TPSA) is 44.4 Å². The van der Waals surface area contributed by atoms with Crippen molar-refractivity contribution in [2.75, 3.05) is 50.8 Å². The molecule has 2 N–H and O–H groups in total. The second kappa shape index (κ2) is 9.50. The largest absolute Gasteiger partial charge is 0.354 e. The number of rotatable bonds is 7. The molecule has 1 amide bonds. The van der Waals surface area contributed by atoms with Crippen molar-refractivity contribution >= 4 is 17.7 Å². The molecule has 0 aromatic carbocycles. The van der Waals surface area contributed by atoms with Crippen LogP contribution in [-0.4, -0.2) is 61.6 Å². The van der Waals surface area contributed by atoms with Gasteiger partial charge in [0.25, 0.3) is 0 Å². The zero-order chi connectivity index (χ0) is 12.3. The molecule has 1 rings (SSSR count). The van der Waals surface area contributed by atoms with Gasteiger partial charge >= 0.3 is 0 Å². The Morgan fingerprint density at radius 1 is 1.47 bits per heavy atom. The quantitative estimate of drug-likeness (QED) is 0.509. The molecule has 1 saturated heterocycles. The van der Waals surface area contributed by atoms with Gasteiger partial charge in [0.2, 0.25) is 5.91 Å². The molecule has 1 fully saturated rings. The van der Waals surface area contributed by atoms with Crippen LogP contribution >= 0.6 is 11.8 Å². The minimum Gasteiger partial charge on any atom is -0.354 e. The summed E-state index contributed by atoms with van der Waals surface area (Å²) in [6, 6.07) is 0. The molecular formula is C12H23N3OS. The summed E-state index contributed by atoms with van der Waals surface area (Å²) in [6.07, 6.45) is 3.01. The molecule has 0 spiro atoms. The fourth-order valence-corrected chi connectivity index (χ4v) is 2.33. The number of nitrogens with one attached hydrogen (secondary N) is 2. The molecule has 1 heterocycles. The van der Waals surface area contributed by atoms with Gasteiger partial charge in [-0.25, -0.2) is 0 Å². The molecule has 4 nitrogen and oxygen atoms in total. The molecule has 0 unspecified atom stereocenters. The van der Waals surface area contributed by atoms with E-state index in [1.165, 1.54) is 0 Å². The Kier molecular flexibility index (Phi) is 8.13. The highest BCUT2D eigenvalue weighted by Crippen LogP contribution is 1.97. The first-order chi connectivity index (χ1) is 8.33. The van der Waals surface area contributed by atoms with Crippen LogP contribution in [0.15, 0.2) is 12.7 Å². The number of carbonyl (C=O) groups is 1. The van der Waals surface area contributed by atoms with E-state index in [9.17, 15) is 4.79 Å². The minimum atomic E-state index is 0.145. The van der Waals surface area contributed by atoms with Gasteiger partial charge in [0.15, 0.2) is 0 Å². The summed E-state index contributed by atoms with van der Waals surface area (Å²) in [7, 11) is 0. The van der Waals surface area contributed by atoms with E-state index >= 15 is 0 Å². The third-order valence-electron chi connectivity index (χ3n) is 2.60. The van der Waals surface area contributed by atoms with E-state index in [1.54, 1.807) is 11.8 Å². The second-order valence-corrected chi connectivity index (χ2v) is 5.24. The van der Waals surface area contributed by atoms with E-state index in [0.717, 1.165) is 50.7 Å². The summed E-state index contributed by atoms with van der Waals surface area (Å²) in [5, 5.41) is 6.28. The maximum absolute atomic E-state index is 11.7. The summed E-state index contributed by atoms with van der Waals surface area (Å²) in [5.41, 5.74) is 0. The normalized spacial score (nSPS) is 17.4. The summed E-state index contributed by atoms with van der Waals surface area (Å²) in [6.45, 7) is 8.99. The van der Waals surface area contributed by atoms with Gasteiger partial charge in [-0.05, 0) is 19.5 Å². The van der Waals surface area contributed by atoms with Gasteiger partial charge in [-0.15, -0.1) is 6.58 Å². The predicted molar refractivity (Wildman–Crippen MR) is 74.5 cm³/mol. The van der Waals surface area contributed by atoms with Crippen molar-refractivity contribution in [3.8, 4) is 0 Å². The Morgan fingerprint density at radius 3 is 3.18 bits per heavy atom. The summed E-state index contributed by atoms with van der Waals surface area (Å²) in [5.74, 6) is 2.05. The van der Waals surface area contributed by atoms with Crippen LogP contribution in [-0.2, 0) is 4.79 Å². The van der Waals surface area contributed by atoms with E-state index in [2.05, 4.69) is 22.1 Å². The molecule has 5 heteroatoms. The van der Waals surface area contributed by atoms with Crippen molar-refractivity contribution in [1.29, 1.82) is 0 Å². The van der Waals surface area contributed by atoms with Crippen LogP contribution in [0.2, 0.25) is 0 Å². The Morgan fingerprint density at radius 2 is 2.35 bits per heavy atom. The van der Waals surface area contributed by atoms with Crippen LogP contribution in [0.25, 0.3) is 0 Å². The number of hydrogen-bond donors (Lipinski definition) is 2. The first kappa shape index (κ1) is 14.5. The van der Waals surface area contributed by atoms with Gasteiger partial charge in [0.1, 0.15) is 0 Å². The first-order valence-electron chi connectivity index (χ1n) is 6.21. The lowest BCUT2D eigenvalue weighted by atomic mass is 10.4. The molecule has 17 heavy (non-hydrogen) atoms. The van der Waals surface area contributed by atoms with Crippen molar-refractivity contribution < 1.29 is 4.79 Å². The fourth-order valence-electron chi connectivity index (χ4n) is 1.75. The molecular weight excluding hydrogens is 234 g/mol. The molecule has 0 bridgehead atoms. The zero-order valence-electron chi connectivity index (χ0n) is 10.4. The molecule has 0 saturated carbocycles. The fraction of sp³-hybridized carbons (Fsp3) is 0.750. The molecule has 0 aromatic rings.